The number of rotatable bonds is 5. The highest BCUT2D eigenvalue weighted by molar-refractivity contribution is 7.89. The Morgan fingerprint density at radius 1 is 1.35 bits per heavy atom. The highest BCUT2D eigenvalue weighted by atomic mass is 32.2. The summed E-state index contributed by atoms with van der Waals surface area (Å²) in [6.07, 6.45) is 5.34. The van der Waals surface area contributed by atoms with Gasteiger partial charge >= 0.3 is 0 Å². The van der Waals surface area contributed by atoms with E-state index in [2.05, 4.69) is 15.3 Å². The Labute approximate surface area is 155 Å². The molecule has 4 heterocycles. The van der Waals surface area contributed by atoms with Gasteiger partial charge in [-0.05, 0) is 31.2 Å². The second-order valence-corrected chi connectivity index (χ2v) is 8.79. The van der Waals surface area contributed by atoms with Crippen LogP contribution in [0.15, 0.2) is 38.5 Å². The summed E-state index contributed by atoms with van der Waals surface area (Å²) in [5.41, 5.74) is 0.850. The van der Waals surface area contributed by atoms with Gasteiger partial charge in [0.05, 0.1) is 6.20 Å². The molecule has 0 bridgehead atoms. The SMILES string of the molecule is CCn1cc(S(=O)(=O)N2CCCC[C@@H]2c2nnc(-c3ccsc3)o2)cn1. The fourth-order valence-electron chi connectivity index (χ4n) is 3.10. The lowest BCUT2D eigenvalue weighted by atomic mass is 10.1. The molecule has 3 aromatic heterocycles. The van der Waals surface area contributed by atoms with E-state index in [9.17, 15) is 8.42 Å². The van der Waals surface area contributed by atoms with Gasteiger partial charge in [-0.1, -0.05) is 6.42 Å². The van der Waals surface area contributed by atoms with E-state index in [1.54, 1.807) is 22.2 Å². The Bertz CT molecular complexity index is 977. The third-order valence-corrected chi connectivity index (χ3v) is 7.03. The standard InChI is InChI=1S/C16H19N5O3S2/c1-2-20-10-13(9-17-20)26(22,23)21-7-4-3-5-14(21)16-19-18-15(24-16)12-6-8-25-11-12/h6,8-11,14H,2-5,7H2,1H3/t14-/m1/s1. The molecule has 1 aliphatic rings. The summed E-state index contributed by atoms with van der Waals surface area (Å²) in [6, 6.07) is 1.45. The number of sulfonamides is 1. The van der Waals surface area contributed by atoms with Crippen LogP contribution in [-0.2, 0) is 16.6 Å². The van der Waals surface area contributed by atoms with E-state index in [1.807, 2.05) is 23.8 Å². The van der Waals surface area contributed by atoms with E-state index >= 15 is 0 Å². The lowest BCUT2D eigenvalue weighted by molar-refractivity contribution is 0.220. The van der Waals surface area contributed by atoms with E-state index < -0.39 is 16.1 Å². The maximum Gasteiger partial charge on any atom is 0.248 e. The minimum absolute atomic E-state index is 0.198. The van der Waals surface area contributed by atoms with Crippen molar-refractivity contribution >= 4 is 21.4 Å². The van der Waals surface area contributed by atoms with Crippen molar-refractivity contribution in [2.75, 3.05) is 6.54 Å². The second kappa shape index (κ2) is 6.93. The minimum atomic E-state index is -3.67. The van der Waals surface area contributed by atoms with Gasteiger partial charge in [0.1, 0.15) is 10.9 Å². The molecule has 1 atom stereocenters. The predicted octanol–water partition coefficient (Wildman–Crippen LogP) is 2.93. The first kappa shape index (κ1) is 17.4. The number of piperidine rings is 1. The van der Waals surface area contributed by atoms with Crippen molar-refractivity contribution in [1.82, 2.24) is 24.3 Å². The van der Waals surface area contributed by atoms with Gasteiger partial charge in [0.25, 0.3) is 0 Å². The van der Waals surface area contributed by atoms with Crippen LogP contribution in [-0.4, -0.2) is 39.2 Å². The van der Waals surface area contributed by atoms with Crippen LogP contribution in [0, 0.1) is 0 Å². The van der Waals surface area contributed by atoms with Crippen LogP contribution >= 0.6 is 11.3 Å². The molecule has 8 nitrogen and oxygen atoms in total. The number of aryl methyl sites for hydroxylation is 1. The van der Waals surface area contributed by atoms with E-state index in [-0.39, 0.29) is 4.90 Å². The van der Waals surface area contributed by atoms with E-state index in [0.717, 1.165) is 18.4 Å². The normalized spacial score (nSPS) is 19.0. The first-order valence-corrected chi connectivity index (χ1v) is 10.9. The number of thiophene rings is 1. The Kier molecular flexibility index (Phi) is 4.63. The van der Waals surface area contributed by atoms with Gasteiger partial charge in [0.15, 0.2) is 0 Å². The molecule has 0 aliphatic carbocycles. The lowest BCUT2D eigenvalue weighted by Gasteiger charge is -2.31. The zero-order valence-corrected chi connectivity index (χ0v) is 15.9. The maximum absolute atomic E-state index is 13.1. The van der Waals surface area contributed by atoms with Gasteiger partial charge < -0.3 is 4.42 Å². The summed E-state index contributed by atoms with van der Waals surface area (Å²) < 4.78 is 35.1. The molecule has 0 unspecified atom stereocenters. The number of hydrogen-bond acceptors (Lipinski definition) is 7. The average Bonchev–Trinajstić information content (AvgIpc) is 3.42. The molecule has 26 heavy (non-hydrogen) atoms. The number of nitrogens with zero attached hydrogens (tertiary/aromatic N) is 5. The van der Waals surface area contributed by atoms with Gasteiger partial charge in [-0.2, -0.15) is 20.7 Å². The summed E-state index contributed by atoms with van der Waals surface area (Å²) in [7, 11) is -3.67. The van der Waals surface area contributed by atoms with Gasteiger partial charge in [-0.15, -0.1) is 10.2 Å². The van der Waals surface area contributed by atoms with Crippen LogP contribution in [0.4, 0.5) is 0 Å². The molecule has 4 rings (SSSR count). The summed E-state index contributed by atoms with van der Waals surface area (Å²) in [4.78, 5) is 0.198. The fourth-order valence-corrected chi connectivity index (χ4v) is 5.33. The molecule has 1 fully saturated rings. The maximum atomic E-state index is 13.1. The van der Waals surface area contributed by atoms with Crippen LogP contribution in [0.3, 0.4) is 0 Å². The van der Waals surface area contributed by atoms with Crippen molar-refractivity contribution < 1.29 is 12.8 Å². The van der Waals surface area contributed by atoms with Crippen LogP contribution in [0.2, 0.25) is 0 Å². The lowest BCUT2D eigenvalue weighted by Crippen LogP contribution is -2.38. The van der Waals surface area contributed by atoms with E-state index in [1.165, 1.54) is 10.5 Å². The number of hydrogen-bond donors (Lipinski definition) is 0. The summed E-state index contributed by atoms with van der Waals surface area (Å²) in [5, 5.41) is 16.2. The van der Waals surface area contributed by atoms with Gasteiger partial charge in [0, 0.05) is 30.2 Å². The van der Waals surface area contributed by atoms with Crippen LogP contribution in [0.1, 0.15) is 38.1 Å². The van der Waals surface area contributed by atoms with E-state index in [4.69, 9.17) is 4.42 Å². The molecule has 0 N–H and O–H groups in total. The van der Waals surface area contributed by atoms with Gasteiger partial charge in [-0.25, -0.2) is 8.42 Å². The first-order valence-electron chi connectivity index (χ1n) is 8.50. The highest BCUT2D eigenvalue weighted by Crippen LogP contribution is 2.35. The third-order valence-electron chi connectivity index (χ3n) is 4.49. The molecule has 0 spiro atoms. The van der Waals surface area contributed by atoms with Crippen LogP contribution in [0.25, 0.3) is 11.5 Å². The molecular formula is C16H19N5O3S2. The minimum Gasteiger partial charge on any atom is -0.419 e. The fraction of sp³-hybridized carbons (Fsp3) is 0.438. The van der Waals surface area contributed by atoms with Crippen molar-refractivity contribution in [2.45, 2.75) is 43.7 Å². The van der Waals surface area contributed by atoms with Crippen molar-refractivity contribution in [3.05, 3.63) is 35.1 Å². The first-order chi connectivity index (χ1) is 12.6. The predicted molar refractivity (Wildman–Crippen MR) is 96.0 cm³/mol. The highest BCUT2D eigenvalue weighted by Gasteiger charge is 2.38. The van der Waals surface area contributed by atoms with Crippen LogP contribution < -0.4 is 0 Å². The summed E-state index contributed by atoms with van der Waals surface area (Å²) in [6.45, 7) is 2.96. The van der Waals surface area contributed by atoms with Crippen molar-refractivity contribution in [2.24, 2.45) is 0 Å². The van der Waals surface area contributed by atoms with Crippen molar-refractivity contribution in [1.29, 1.82) is 0 Å². The van der Waals surface area contributed by atoms with Gasteiger partial charge in [0.2, 0.25) is 21.8 Å². The van der Waals surface area contributed by atoms with E-state index in [0.29, 0.717) is 31.3 Å². The summed E-state index contributed by atoms with van der Waals surface area (Å²) >= 11 is 1.54. The van der Waals surface area contributed by atoms with Crippen LogP contribution in [0.5, 0.6) is 0 Å². The van der Waals surface area contributed by atoms with Crippen molar-refractivity contribution in [3.8, 4) is 11.5 Å². The third kappa shape index (κ3) is 3.08. The Balaban J connectivity index is 1.66. The monoisotopic (exact) mass is 393 g/mol. The molecule has 138 valence electrons. The molecule has 0 radical (unpaired) electrons. The molecule has 10 heteroatoms. The largest absolute Gasteiger partial charge is 0.419 e. The summed E-state index contributed by atoms with van der Waals surface area (Å²) in [5.74, 6) is 0.764. The quantitative estimate of drug-likeness (QED) is 0.661. The number of aromatic nitrogens is 4. The molecule has 3 aromatic rings. The zero-order chi connectivity index (χ0) is 18.1. The molecule has 1 aliphatic heterocycles. The molecule has 0 amide bonds. The smallest absolute Gasteiger partial charge is 0.248 e. The Morgan fingerprint density at radius 3 is 2.96 bits per heavy atom. The van der Waals surface area contributed by atoms with Crippen molar-refractivity contribution in [3.63, 3.8) is 0 Å². The molecule has 0 aromatic carbocycles. The zero-order valence-electron chi connectivity index (χ0n) is 14.3. The topological polar surface area (TPSA) is 94.1 Å². The molecular weight excluding hydrogens is 374 g/mol. The Morgan fingerprint density at radius 2 is 2.23 bits per heavy atom. The van der Waals surface area contributed by atoms with Gasteiger partial charge in [-0.3, -0.25) is 4.68 Å². The Hall–Kier alpha value is -2.04. The molecule has 1 saturated heterocycles. The average molecular weight is 393 g/mol. The molecule has 0 saturated carbocycles. The second-order valence-electron chi connectivity index (χ2n) is 6.12.